The summed E-state index contributed by atoms with van der Waals surface area (Å²) in [4.78, 5) is 36.0. The number of aliphatic carboxylic acids is 1. The molecular formula is C45H72N2O5. The molecule has 1 amide bonds. The predicted octanol–water partition coefficient (Wildman–Crippen LogP) is 11.1. The lowest BCUT2D eigenvalue weighted by Gasteiger charge is -2.13. The van der Waals surface area contributed by atoms with Gasteiger partial charge in [-0.15, -0.1) is 0 Å². The van der Waals surface area contributed by atoms with Gasteiger partial charge in [0.25, 0.3) is 0 Å². The highest BCUT2D eigenvalue weighted by Gasteiger charge is 2.18. The van der Waals surface area contributed by atoms with Crippen LogP contribution in [0.5, 0.6) is 0 Å². The van der Waals surface area contributed by atoms with E-state index >= 15 is 0 Å². The number of carbonyl (C=O) groups is 3. The van der Waals surface area contributed by atoms with Gasteiger partial charge >= 0.3 is 11.9 Å². The van der Waals surface area contributed by atoms with Gasteiger partial charge in [0, 0.05) is 12.8 Å². The Balaban J connectivity index is 4.21. The van der Waals surface area contributed by atoms with E-state index in [9.17, 15) is 19.5 Å². The minimum absolute atomic E-state index is 0.167. The molecule has 0 aliphatic rings. The molecule has 7 nitrogen and oxygen atoms in total. The van der Waals surface area contributed by atoms with Gasteiger partial charge in [0.15, 0.2) is 0 Å². The second-order valence-electron chi connectivity index (χ2n) is 12.9. The van der Waals surface area contributed by atoms with Crippen molar-refractivity contribution in [1.82, 2.24) is 5.32 Å². The number of hydrogen-bond acceptors (Lipinski definition) is 5. The third-order valence-electron chi connectivity index (χ3n) is 8.11. The Bertz CT molecular complexity index is 1130. The van der Waals surface area contributed by atoms with Crippen molar-refractivity contribution in [3.63, 3.8) is 0 Å². The Hall–Kier alpha value is -3.71. The van der Waals surface area contributed by atoms with Crippen LogP contribution in [-0.4, -0.2) is 41.6 Å². The topological polar surface area (TPSA) is 119 Å². The van der Waals surface area contributed by atoms with E-state index in [1.54, 1.807) is 0 Å². The van der Waals surface area contributed by atoms with Crippen LogP contribution in [0, 0.1) is 0 Å². The van der Waals surface area contributed by atoms with Gasteiger partial charge in [-0.3, -0.25) is 9.59 Å². The average Bonchev–Trinajstić information content (AvgIpc) is 3.13. The number of amides is 1. The van der Waals surface area contributed by atoms with Crippen molar-refractivity contribution in [2.24, 2.45) is 5.73 Å². The van der Waals surface area contributed by atoms with Crippen LogP contribution < -0.4 is 11.1 Å². The molecule has 0 aromatic carbocycles. The summed E-state index contributed by atoms with van der Waals surface area (Å²) >= 11 is 0. The van der Waals surface area contributed by atoms with Crippen molar-refractivity contribution >= 4 is 17.8 Å². The molecule has 0 aliphatic carbocycles. The number of hydrogen-bond donors (Lipinski definition) is 3. The Labute approximate surface area is 317 Å². The first-order chi connectivity index (χ1) is 25.4. The molecule has 2 unspecified atom stereocenters. The molecule has 0 fully saturated rings. The van der Waals surface area contributed by atoms with Crippen LogP contribution in [0.4, 0.5) is 0 Å². The average molecular weight is 721 g/mol. The van der Waals surface area contributed by atoms with Crippen LogP contribution in [0.1, 0.15) is 149 Å². The Morgan fingerprint density at radius 3 is 1.62 bits per heavy atom. The lowest BCUT2D eigenvalue weighted by molar-refractivity contribution is -0.145. The van der Waals surface area contributed by atoms with Crippen molar-refractivity contribution in [3.05, 3.63) is 97.2 Å². The molecule has 0 bridgehead atoms. The molecule has 2 atom stereocenters. The Morgan fingerprint density at radius 1 is 0.577 bits per heavy atom. The number of rotatable bonds is 34. The number of nitrogens with one attached hydrogen (secondary N) is 1. The summed E-state index contributed by atoms with van der Waals surface area (Å²) in [7, 11) is 0. The number of allylic oxidation sites excluding steroid dienone is 14. The molecule has 0 heterocycles. The van der Waals surface area contributed by atoms with E-state index in [1.165, 1.54) is 12.8 Å². The van der Waals surface area contributed by atoms with Crippen LogP contribution in [0.3, 0.4) is 0 Å². The number of nitrogens with two attached hydrogens (primary N) is 1. The smallest absolute Gasteiger partial charge is 0.326 e. The molecule has 0 aromatic rings. The van der Waals surface area contributed by atoms with Crippen molar-refractivity contribution < 1.29 is 24.2 Å². The van der Waals surface area contributed by atoms with Gasteiger partial charge in [-0.2, -0.15) is 0 Å². The zero-order valence-electron chi connectivity index (χ0n) is 32.6. The van der Waals surface area contributed by atoms with E-state index in [2.05, 4.69) is 92.1 Å². The fourth-order valence-electron chi connectivity index (χ4n) is 5.14. The predicted molar refractivity (Wildman–Crippen MR) is 220 cm³/mol. The van der Waals surface area contributed by atoms with Crippen LogP contribution in [0.15, 0.2) is 97.2 Å². The Morgan fingerprint density at radius 2 is 1.04 bits per heavy atom. The van der Waals surface area contributed by atoms with E-state index in [4.69, 9.17) is 10.5 Å². The highest BCUT2D eigenvalue weighted by atomic mass is 16.5. The van der Waals surface area contributed by atoms with E-state index in [-0.39, 0.29) is 11.9 Å². The normalized spacial score (nSPS) is 13.8. The third kappa shape index (κ3) is 34.7. The molecule has 4 N–H and O–H groups in total. The molecule has 0 spiro atoms. The van der Waals surface area contributed by atoms with Gasteiger partial charge < -0.3 is 20.9 Å². The summed E-state index contributed by atoms with van der Waals surface area (Å²) in [6.07, 6.45) is 52.2. The summed E-state index contributed by atoms with van der Waals surface area (Å²) in [5.41, 5.74) is 5.46. The molecular weight excluding hydrogens is 649 g/mol. The monoisotopic (exact) mass is 721 g/mol. The molecule has 52 heavy (non-hydrogen) atoms. The van der Waals surface area contributed by atoms with E-state index in [0.29, 0.717) is 38.6 Å². The van der Waals surface area contributed by atoms with Gasteiger partial charge in [-0.1, -0.05) is 125 Å². The number of carboxylic acids is 1. The number of carboxylic acid groups (broad SMARTS) is 1. The number of ether oxygens (including phenoxy) is 1. The van der Waals surface area contributed by atoms with E-state index in [1.807, 2.05) is 24.3 Å². The summed E-state index contributed by atoms with van der Waals surface area (Å²) < 4.78 is 5.78. The fourth-order valence-corrected chi connectivity index (χ4v) is 5.14. The zero-order valence-corrected chi connectivity index (χ0v) is 32.6. The third-order valence-corrected chi connectivity index (χ3v) is 8.11. The lowest BCUT2D eigenvalue weighted by atomic mass is 10.1. The zero-order chi connectivity index (χ0) is 38.2. The first kappa shape index (κ1) is 48.3. The highest BCUT2D eigenvalue weighted by Crippen LogP contribution is 2.11. The van der Waals surface area contributed by atoms with Crippen molar-refractivity contribution in [1.29, 1.82) is 0 Å². The van der Waals surface area contributed by atoms with Gasteiger partial charge in [0.2, 0.25) is 5.91 Å². The van der Waals surface area contributed by atoms with Crippen LogP contribution in [-0.2, 0) is 19.1 Å². The van der Waals surface area contributed by atoms with Gasteiger partial charge in [-0.25, -0.2) is 4.79 Å². The molecule has 0 saturated carbocycles. The molecule has 0 aromatic heterocycles. The van der Waals surface area contributed by atoms with Gasteiger partial charge in [0.1, 0.15) is 12.1 Å². The molecule has 0 aliphatic heterocycles. The minimum Gasteiger partial charge on any atom is -0.480 e. The van der Waals surface area contributed by atoms with E-state index in [0.717, 1.165) is 89.9 Å². The van der Waals surface area contributed by atoms with Crippen LogP contribution in [0.2, 0.25) is 0 Å². The quantitative estimate of drug-likeness (QED) is 0.0346. The molecule has 0 radical (unpaired) electrons. The van der Waals surface area contributed by atoms with Crippen LogP contribution in [0.25, 0.3) is 0 Å². The lowest BCUT2D eigenvalue weighted by Crippen LogP contribution is -2.40. The highest BCUT2D eigenvalue weighted by molar-refractivity contribution is 5.83. The van der Waals surface area contributed by atoms with Gasteiger partial charge in [0.05, 0.1) is 0 Å². The second-order valence-corrected chi connectivity index (χ2v) is 12.9. The Kier molecular flexibility index (Phi) is 35.8. The largest absolute Gasteiger partial charge is 0.480 e. The molecule has 292 valence electrons. The summed E-state index contributed by atoms with van der Waals surface area (Å²) in [6.45, 7) is 4.65. The molecule has 0 saturated heterocycles. The van der Waals surface area contributed by atoms with Crippen molar-refractivity contribution in [3.8, 4) is 0 Å². The minimum atomic E-state index is -1.03. The first-order valence-electron chi connectivity index (χ1n) is 20.1. The standard InChI is InChI=1S/C45H72N2O5/c1-3-5-7-9-10-11-12-13-14-15-16-17-18-19-20-21-22-23-24-29-33-39-44(49)52-41(35-30-26-8-6-4-2)36-31-27-25-28-32-38-43(48)47-42(45(50)51)37-34-40-46/h5-8,10-11,13-14,16-17,19-20,30-31,35-36,41-42H,3-4,9,12,15,18,21-29,32-34,37-40,46H2,1-2H3,(H,47,48)(H,50,51)/b7-5-,8-6-,11-10-,14-13-,17-16-,20-19-,35-30-,36-31-. The maximum atomic E-state index is 12.6. The second kappa shape index (κ2) is 38.5. The number of unbranched alkanes of at least 4 members (excludes halogenated alkanes) is 8. The maximum Gasteiger partial charge on any atom is 0.326 e. The summed E-state index contributed by atoms with van der Waals surface area (Å²) in [5, 5.41) is 11.8. The summed E-state index contributed by atoms with van der Waals surface area (Å²) in [5.74, 6) is -1.43. The maximum absolute atomic E-state index is 12.6. The van der Waals surface area contributed by atoms with Crippen molar-refractivity contribution in [2.45, 2.75) is 161 Å². The van der Waals surface area contributed by atoms with Crippen molar-refractivity contribution in [2.75, 3.05) is 6.54 Å². The summed E-state index contributed by atoms with van der Waals surface area (Å²) in [6, 6.07) is -0.880. The molecule has 0 rings (SSSR count). The van der Waals surface area contributed by atoms with E-state index < -0.39 is 18.1 Å². The van der Waals surface area contributed by atoms with Gasteiger partial charge in [-0.05, 0) is 115 Å². The number of esters is 1. The first-order valence-corrected chi connectivity index (χ1v) is 20.1. The SMILES string of the molecule is CC/C=C\C/C=C\C/C=C\C/C=C\C/C=C\CCCCCCCC(=O)OC(/C=C\C/C=C\CC)/C=C\CCCCCC(=O)NC(CCCN)C(=O)O. The number of carbonyl (C=O) groups excluding carboxylic acids is 2. The van der Waals surface area contributed by atoms with Crippen LogP contribution >= 0.6 is 0 Å². The fraction of sp³-hybridized carbons (Fsp3) is 0.578. The molecule has 7 heteroatoms.